The quantitative estimate of drug-likeness (QED) is 0.543. The van der Waals surface area contributed by atoms with Crippen molar-refractivity contribution in [1.82, 2.24) is 0 Å². The average molecular weight is 410 g/mol. The lowest BCUT2D eigenvalue weighted by molar-refractivity contribution is 0.102. The summed E-state index contributed by atoms with van der Waals surface area (Å²) in [4.78, 5) is 24.4. The van der Waals surface area contributed by atoms with Gasteiger partial charge in [-0.1, -0.05) is 46.3 Å². The summed E-state index contributed by atoms with van der Waals surface area (Å²) in [7, 11) is 0. The summed E-state index contributed by atoms with van der Waals surface area (Å²) in [5, 5.41) is 8.30. The SMILES string of the molecule is O=C(Nc1ccccc1)Nc1cccc(NC(=O)c2cccc(Br)c2)c1. The van der Waals surface area contributed by atoms with Crippen LogP contribution in [0.4, 0.5) is 21.9 Å². The fourth-order valence-corrected chi connectivity index (χ4v) is 2.72. The van der Waals surface area contributed by atoms with Crippen LogP contribution in [-0.4, -0.2) is 11.9 Å². The Morgan fingerprint density at radius 3 is 2.00 bits per heavy atom. The van der Waals surface area contributed by atoms with E-state index in [4.69, 9.17) is 0 Å². The first-order chi connectivity index (χ1) is 12.6. The molecule has 0 aliphatic heterocycles. The molecule has 0 aliphatic rings. The third-order valence-corrected chi connectivity index (χ3v) is 3.99. The summed E-state index contributed by atoms with van der Waals surface area (Å²) >= 11 is 3.35. The highest BCUT2D eigenvalue weighted by Gasteiger charge is 2.08. The number of benzene rings is 3. The summed E-state index contributed by atoms with van der Waals surface area (Å²) in [6, 6.07) is 22.9. The van der Waals surface area contributed by atoms with E-state index in [2.05, 4.69) is 31.9 Å². The molecule has 3 aromatic carbocycles. The van der Waals surface area contributed by atoms with E-state index in [1.54, 1.807) is 54.6 Å². The number of nitrogens with one attached hydrogen (secondary N) is 3. The minimum Gasteiger partial charge on any atom is -0.322 e. The number of rotatable bonds is 4. The molecule has 3 N–H and O–H groups in total. The van der Waals surface area contributed by atoms with Gasteiger partial charge < -0.3 is 16.0 Å². The van der Waals surface area contributed by atoms with Crippen molar-refractivity contribution >= 4 is 44.9 Å². The topological polar surface area (TPSA) is 70.2 Å². The van der Waals surface area contributed by atoms with Gasteiger partial charge >= 0.3 is 6.03 Å². The molecule has 0 bridgehead atoms. The molecule has 3 amide bonds. The van der Waals surface area contributed by atoms with Crippen molar-refractivity contribution < 1.29 is 9.59 Å². The van der Waals surface area contributed by atoms with E-state index in [0.717, 1.165) is 4.47 Å². The summed E-state index contributed by atoms with van der Waals surface area (Å²) in [6.45, 7) is 0. The normalized spacial score (nSPS) is 10.0. The molecule has 26 heavy (non-hydrogen) atoms. The van der Waals surface area contributed by atoms with Crippen LogP contribution in [0.3, 0.4) is 0 Å². The Morgan fingerprint density at radius 2 is 1.27 bits per heavy atom. The molecular formula is C20H16BrN3O2. The Morgan fingerprint density at radius 1 is 0.654 bits per heavy atom. The second kappa shape index (κ2) is 8.31. The van der Waals surface area contributed by atoms with Gasteiger partial charge in [-0.25, -0.2) is 4.79 Å². The lowest BCUT2D eigenvalue weighted by Crippen LogP contribution is -2.19. The molecule has 3 rings (SSSR count). The molecule has 0 spiro atoms. The van der Waals surface area contributed by atoms with Crippen molar-refractivity contribution in [2.24, 2.45) is 0 Å². The number of hydrogen-bond acceptors (Lipinski definition) is 2. The van der Waals surface area contributed by atoms with Crippen LogP contribution in [0.1, 0.15) is 10.4 Å². The number of urea groups is 1. The fourth-order valence-electron chi connectivity index (χ4n) is 2.32. The standard InChI is InChI=1S/C20H16BrN3O2/c21-15-7-4-6-14(12-15)19(25)22-17-10-5-11-18(13-17)24-20(26)23-16-8-2-1-3-9-16/h1-13H,(H,22,25)(H2,23,24,26). The Balaban J connectivity index is 1.64. The molecule has 0 unspecified atom stereocenters. The molecule has 0 atom stereocenters. The maximum absolute atomic E-state index is 12.3. The summed E-state index contributed by atoms with van der Waals surface area (Å²) in [5.41, 5.74) is 2.40. The van der Waals surface area contributed by atoms with Gasteiger partial charge in [-0.05, 0) is 48.5 Å². The molecule has 5 nitrogen and oxygen atoms in total. The van der Waals surface area contributed by atoms with Gasteiger partial charge in [0.2, 0.25) is 0 Å². The zero-order valence-electron chi connectivity index (χ0n) is 13.7. The van der Waals surface area contributed by atoms with Crippen molar-refractivity contribution in [2.75, 3.05) is 16.0 Å². The summed E-state index contributed by atoms with van der Waals surface area (Å²) < 4.78 is 0.832. The summed E-state index contributed by atoms with van der Waals surface area (Å²) in [5.74, 6) is -0.225. The van der Waals surface area contributed by atoms with Crippen molar-refractivity contribution in [1.29, 1.82) is 0 Å². The van der Waals surface area contributed by atoms with E-state index < -0.39 is 0 Å². The monoisotopic (exact) mass is 409 g/mol. The third kappa shape index (κ3) is 4.94. The highest BCUT2D eigenvalue weighted by molar-refractivity contribution is 9.10. The number of carbonyl (C=O) groups is 2. The predicted octanol–water partition coefficient (Wildman–Crippen LogP) is 5.35. The van der Waals surface area contributed by atoms with Gasteiger partial charge in [-0.3, -0.25) is 4.79 Å². The number of halogens is 1. The number of carbonyl (C=O) groups excluding carboxylic acids is 2. The summed E-state index contributed by atoms with van der Waals surface area (Å²) in [6.07, 6.45) is 0. The molecule has 6 heteroatoms. The first-order valence-corrected chi connectivity index (χ1v) is 8.69. The van der Waals surface area contributed by atoms with Crippen molar-refractivity contribution in [3.63, 3.8) is 0 Å². The second-order valence-corrected chi connectivity index (χ2v) is 6.41. The van der Waals surface area contributed by atoms with Crippen LogP contribution in [0.25, 0.3) is 0 Å². The molecule has 0 heterocycles. The molecule has 0 aliphatic carbocycles. The van der Waals surface area contributed by atoms with E-state index >= 15 is 0 Å². The lowest BCUT2D eigenvalue weighted by atomic mass is 10.2. The molecule has 3 aromatic rings. The van der Waals surface area contributed by atoms with Crippen LogP contribution in [-0.2, 0) is 0 Å². The van der Waals surface area contributed by atoms with E-state index in [9.17, 15) is 9.59 Å². The number of amides is 3. The molecule has 0 radical (unpaired) electrons. The molecule has 130 valence electrons. The predicted molar refractivity (Wildman–Crippen MR) is 108 cm³/mol. The van der Waals surface area contributed by atoms with Gasteiger partial charge in [-0.2, -0.15) is 0 Å². The molecule has 0 saturated heterocycles. The smallest absolute Gasteiger partial charge is 0.322 e. The van der Waals surface area contributed by atoms with E-state index in [0.29, 0.717) is 22.6 Å². The lowest BCUT2D eigenvalue weighted by Gasteiger charge is -2.10. The van der Waals surface area contributed by atoms with Crippen molar-refractivity contribution in [3.05, 3.63) is 88.9 Å². The number of para-hydroxylation sites is 1. The van der Waals surface area contributed by atoms with Crippen molar-refractivity contribution in [3.8, 4) is 0 Å². The zero-order chi connectivity index (χ0) is 18.4. The van der Waals surface area contributed by atoms with Crippen LogP contribution in [0.15, 0.2) is 83.3 Å². The van der Waals surface area contributed by atoms with E-state index in [1.807, 2.05) is 24.3 Å². The minimum atomic E-state index is -0.355. The number of hydrogen-bond donors (Lipinski definition) is 3. The fraction of sp³-hybridized carbons (Fsp3) is 0. The first-order valence-electron chi connectivity index (χ1n) is 7.90. The second-order valence-electron chi connectivity index (χ2n) is 5.49. The molecule has 0 saturated carbocycles. The Labute approximate surface area is 159 Å². The van der Waals surface area contributed by atoms with Gasteiger partial charge in [0.1, 0.15) is 0 Å². The largest absolute Gasteiger partial charge is 0.323 e. The molecule has 0 aromatic heterocycles. The van der Waals surface area contributed by atoms with E-state index in [1.165, 1.54) is 0 Å². The maximum Gasteiger partial charge on any atom is 0.323 e. The minimum absolute atomic E-state index is 0.225. The van der Waals surface area contributed by atoms with Gasteiger partial charge in [0.25, 0.3) is 5.91 Å². The van der Waals surface area contributed by atoms with Gasteiger partial charge in [0.05, 0.1) is 0 Å². The Kier molecular flexibility index (Phi) is 5.66. The van der Waals surface area contributed by atoms with E-state index in [-0.39, 0.29) is 11.9 Å². The van der Waals surface area contributed by atoms with Crippen LogP contribution in [0, 0.1) is 0 Å². The zero-order valence-corrected chi connectivity index (χ0v) is 15.3. The number of anilines is 3. The highest BCUT2D eigenvalue weighted by Crippen LogP contribution is 2.18. The average Bonchev–Trinajstić information content (AvgIpc) is 2.62. The van der Waals surface area contributed by atoms with Crippen molar-refractivity contribution in [2.45, 2.75) is 0 Å². The van der Waals surface area contributed by atoms with Crippen LogP contribution in [0.5, 0.6) is 0 Å². The van der Waals surface area contributed by atoms with Crippen LogP contribution in [0.2, 0.25) is 0 Å². The molecular weight excluding hydrogens is 394 g/mol. The first kappa shape index (κ1) is 17.7. The Hall–Kier alpha value is -3.12. The molecule has 0 fully saturated rings. The third-order valence-electron chi connectivity index (χ3n) is 3.50. The highest BCUT2D eigenvalue weighted by atomic mass is 79.9. The van der Waals surface area contributed by atoms with Crippen LogP contribution < -0.4 is 16.0 Å². The van der Waals surface area contributed by atoms with Gasteiger partial charge in [-0.15, -0.1) is 0 Å². The Bertz CT molecular complexity index is 929. The van der Waals surface area contributed by atoms with Gasteiger partial charge in [0.15, 0.2) is 0 Å². The maximum atomic E-state index is 12.3. The van der Waals surface area contributed by atoms with Crippen LogP contribution >= 0.6 is 15.9 Å². The van der Waals surface area contributed by atoms with Gasteiger partial charge in [0, 0.05) is 27.1 Å².